The molecule has 0 bridgehead atoms. The summed E-state index contributed by atoms with van der Waals surface area (Å²) in [5.74, 6) is 0.140. The van der Waals surface area contributed by atoms with Crippen molar-refractivity contribution in [2.24, 2.45) is 0 Å². The Morgan fingerprint density at radius 2 is 2.04 bits per heavy atom. The summed E-state index contributed by atoms with van der Waals surface area (Å²) in [4.78, 5) is 4.41. The maximum Gasteiger partial charge on any atom is 0.166 e. The van der Waals surface area contributed by atoms with Crippen molar-refractivity contribution in [2.75, 3.05) is 18.4 Å². The van der Waals surface area contributed by atoms with Crippen LogP contribution in [0.2, 0.25) is 0 Å². The summed E-state index contributed by atoms with van der Waals surface area (Å²) in [5, 5.41) is 14.7. The van der Waals surface area contributed by atoms with Crippen molar-refractivity contribution in [3.8, 4) is 0 Å². The molecule has 2 fully saturated rings. The molecule has 2 saturated heterocycles. The summed E-state index contributed by atoms with van der Waals surface area (Å²) in [6.07, 6.45) is 0.878. The predicted octanol–water partition coefficient (Wildman–Crippen LogP) is 2.12. The van der Waals surface area contributed by atoms with Crippen LogP contribution in [0.5, 0.6) is 0 Å². The average molecular weight is 365 g/mol. The maximum absolute atomic E-state index is 7.98. The molecule has 0 amide bonds. The third-order valence-electron chi connectivity index (χ3n) is 4.62. The number of aromatic nitrogens is 2. The summed E-state index contributed by atoms with van der Waals surface area (Å²) in [6, 6.07) is 0.365. The van der Waals surface area contributed by atoms with E-state index < -0.39 is 5.79 Å². The van der Waals surface area contributed by atoms with Crippen LogP contribution < -0.4 is 10.6 Å². The Kier molecular flexibility index (Phi) is 5.39. The first-order chi connectivity index (χ1) is 12.2. The van der Waals surface area contributed by atoms with E-state index in [1.807, 2.05) is 25.3 Å². The molecule has 8 heteroatoms. The molecule has 2 unspecified atom stereocenters. The van der Waals surface area contributed by atoms with Crippen LogP contribution in [0.25, 0.3) is 0 Å². The van der Waals surface area contributed by atoms with Gasteiger partial charge < -0.3 is 30.3 Å². The second-order valence-electron chi connectivity index (χ2n) is 7.70. The number of hydrogen-bond acceptors (Lipinski definition) is 7. The first kappa shape index (κ1) is 19.3. The van der Waals surface area contributed by atoms with Crippen molar-refractivity contribution in [2.45, 2.75) is 77.9 Å². The molecule has 1 aromatic heterocycles. The lowest BCUT2D eigenvalue weighted by atomic mass is 10.1. The summed E-state index contributed by atoms with van der Waals surface area (Å²) in [6.45, 7) is 13.3. The van der Waals surface area contributed by atoms with Gasteiger partial charge in [-0.3, -0.25) is 4.57 Å². The Hall–Kier alpha value is -1.48. The van der Waals surface area contributed by atoms with Crippen molar-refractivity contribution in [3.05, 3.63) is 12.0 Å². The molecule has 3 rings (SSSR count). The van der Waals surface area contributed by atoms with Crippen LogP contribution in [0.3, 0.4) is 0 Å². The van der Waals surface area contributed by atoms with Crippen molar-refractivity contribution in [1.29, 1.82) is 5.41 Å². The fourth-order valence-electron chi connectivity index (χ4n) is 3.57. The molecule has 0 spiro atoms. The highest BCUT2D eigenvalue weighted by molar-refractivity contribution is 5.98. The van der Waals surface area contributed by atoms with E-state index in [1.54, 1.807) is 13.3 Å². The Morgan fingerprint density at radius 1 is 1.35 bits per heavy atom. The fraction of sp³-hybridized carbons (Fsp3) is 0.778. The summed E-state index contributed by atoms with van der Waals surface area (Å²) in [7, 11) is 0. The van der Waals surface area contributed by atoms with Crippen molar-refractivity contribution in [1.82, 2.24) is 14.9 Å². The van der Waals surface area contributed by atoms with Crippen LogP contribution in [0.4, 0.5) is 5.82 Å². The molecule has 2 aliphatic rings. The first-order valence-electron chi connectivity index (χ1n) is 9.34. The minimum Gasteiger partial charge on any atom is -0.370 e. The van der Waals surface area contributed by atoms with E-state index in [4.69, 9.17) is 19.6 Å². The summed E-state index contributed by atoms with van der Waals surface area (Å²) in [5.41, 5.74) is 1.05. The van der Waals surface area contributed by atoms with Crippen molar-refractivity contribution >= 4 is 11.5 Å². The van der Waals surface area contributed by atoms with Gasteiger partial charge in [-0.05, 0) is 27.7 Å². The smallest absolute Gasteiger partial charge is 0.166 e. The van der Waals surface area contributed by atoms with Gasteiger partial charge in [-0.15, -0.1) is 0 Å². The SMILES string of the molecule is CCNc1c(C(C)=N)ncn1C1OC(CNC(C)C)[C@H]2OC(C)(C)O[C@@H]12. The lowest BCUT2D eigenvalue weighted by Gasteiger charge is -2.26. The second-order valence-corrected chi connectivity index (χ2v) is 7.70. The molecule has 0 saturated carbocycles. The van der Waals surface area contributed by atoms with Crippen molar-refractivity contribution < 1.29 is 14.2 Å². The Bertz CT molecular complexity index is 657. The molecular formula is C18H31N5O3. The van der Waals surface area contributed by atoms with E-state index >= 15 is 0 Å². The van der Waals surface area contributed by atoms with E-state index in [1.165, 1.54) is 0 Å². The fourth-order valence-corrected chi connectivity index (χ4v) is 3.57. The molecule has 0 aliphatic carbocycles. The monoisotopic (exact) mass is 365 g/mol. The first-order valence-corrected chi connectivity index (χ1v) is 9.34. The number of nitrogens with one attached hydrogen (secondary N) is 3. The topological polar surface area (TPSA) is 93.4 Å². The molecule has 146 valence electrons. The number of fused-ring (bicyclic) bond motifs is 1. The minimum absolute atomic E-state index is 0.115. The summed E-state index contributed by atoms with van der Waals surface area (Å²) >= 11 is 0. The Balaban J connectivity index is 1.91. The standard InChI is InChI=1S/C18H31N5O3/c1-7-20-16-13(11(4)19)22-9-23(16)17-15-14(25-18(5,6)26-15)12(24-17)8-21-10(2)3/h9-10,12,14-15,17,19-21H,7-8H2,1-6H3/t12?,14-,15-,17?/m1/s1. The average Bonchev–Trinajstić information content (AvgIpc) is 3.17. The van der Waals surface area contributed by atoms with Crippen LogP contribution in [0, 0.1) is 5.41 Å². The molecule has 4 atom stereocenters. The highest BCUT2D eigenvalue weighted by Gasteiger charge is 2.56. The Morgan fingerprint density at radius 3 is 2.65 bits per heavy atom. The van der Waals surface area contributed by atoms with Gasteiger partial charge in [0.05, 0.1) is 12.0 Å². The van der Waals surface area contributed by atoms with Crippen molar-refractivity contribution in [3.63, 3.8) is 0 Å². The minimum atomic E-state index is -0.646. The molecule has 3 heterocycles. The number of rotatable bonds is 7. The molecule has 3 N–H and O–H groups in total. The van der Waals surface area contributed by atoms with Gasteiger partial charge in [0.25, 0.3) is 0 Å². The zero-order valence-electron chi connectivity index (χ0n) is 16.5. The van der Waals surface area contributed by atoms with Gasteiger partial charge in [0.1, 0.15) is 29.8 Å². The third kappa shape index (κ3) is 3.64. The van der Waals surface area contributed by atoms with Gasteiger partial charge in [0.2, 0.25) is 0 Å². The van der Waals surface area contributed by atoms with E-state index in [-0.39, 0.29) is 24.5 Å². The van der Waals surface area contributed by atoms with E-state index in [2.05, 4.69) is 29.5 Å². The lowest BCUT2D eigenvalue weighted by Crippen LogP contribution is -2.39. The number of ether oxygens (including phenoxy) is 3. The van der Waals surface area contributed by atoms with Crippen LogP contribution >= 0.6 is 0 Å². The molecule has 26 heavy (non-hydrogen) atoms. The van der Waals surface area contributed by atoms with Gasteiger partial charge in [-0.25, -0.2) is 4.98 Å². The normalized spacial score (nSPS) is 30.0. The second kappa shape index (κ2) is 7.26. The number of anilines is 1. The zero-order valence-corrected chi connectivity index (χ0v) is 16.5. The van der Waals surface area contributed by atoms with Crippen LogP contribution in [0.1, 0.15) is 53.5 Å². The predicted molar refractivity (Wildman–Crippen MR) is 99.8 cm³/mol. The van der Waals surface area contributed by atoms with E-state index in [9.17, 15) is 0 Å². The van der Waals surface area contributed by atoms with Gasteiger partial charge in [0.15, 0.2) is 12.0 Å². The Labute approximate surface area is 155 Å². The zero-order chi connectivity index (χ0) is 19.1. The van der Waals surface area contributed by atoms with Gasteiger partial charge in [-0.2, -0.15) is 0 Å². The van der Waals surface area contributed by atoms with Crippen LogP contribution in [0.15, 0.2) is 6.33 Å². The molecular weight excluding hydrogens is 334 g/mol. The molecule has 0 aromatic carbocycles. The largest absolute Gasteiger partial charge is 0.370 e. The molecule has 8 nitrogen and oxygen atoms in total. The van der Waals surface area contributed by atoms with Gasteiger partial charge >= 0.3 is 0 Å². The number of hydrogen-bond donors (Lipinski definition) is 3. The van der Waals surface area contributed by atoms with Crippen LogP contribution in [-0.4, -0.2) is 58.5 Å². The molecule has 1 aromatic rings. The third-order valence-corrected chi connectivity index (χ3v) is 4.62. The quantitative estimate of drug-likeness (QED) is 0.641. The molecule has 0 radical (unpaired) electrons. The van der Waals surface area contributed by atoms with E-state index in [0.29, 0.717) is 24.0 Å². The molecule has 2 aliphatic heterocycles. The van der Waals surface area contributed by atoms with Gasteiger partial charge in [0, 0.05) is 19.1 Å². The highest BCUT2D eigenvalue weighted by Crippen LogP contribution is 2.44. The summed E-state index contributed by atoms with van der Waals surface area (Å²) < 4.78 is 20.6. The lowest BCUT2D eigenvalue weighted by molar-refractivity contribution is -0.196. The maximum atomic E-state index is 7.98. The van der Waals surface area contributed by atoms with E-state index in [0.717, 1.165) is 12.4 Å². The van der Waals surface area contributed by atoms with Gasteiger partial charge in [-0.1, -0.05) is 13.8 Å². The van der Waals surface area contributed by atoms with Crippen LogP contribution in [-0.2, 0) is 14.2 Å². The highest BCUT2D eigenvalue weighted by atomic mass is 16.8. The number of nitrogens with zero attached hydrogens (tertiary/aromatic N) is 2. The number of imidazole rings is 1.